The van der Waals surface area contributed by atoms with Gasteiger partial charge in [0, 0.05) is 26.2 Å². The van der Waals surface area contributed by atoms with E-state index in [2.05, 4.69) is 21.9 Å². The molecule has 6 nitrogen and oxygen atoms in total. The van der Waals surface area contributed by atoms with E-state index >= 15 is 0 Å². The molecule has 0 saturated carbocycles. The molecule has 112 valence electrons. The highest BCUT2D eigenvalue weighted by molar-refractivity contribution is 6.30. The maximum atomic E-state index is 6.05. The van der Waals surface area contributed by atoms with Crippen LogP contribution in [0.25, 0.3) is 0 Å². The van der Waals surface area contributed by atoms with Crippen LogP contribution in [-0.4, -0.2) is 36.1 Å². The van der Waals surface area contributed by atoms with E-state index in [0.29, 0.717) is 16.9 Å². The van der Waals surface area contributed by atoms with Crippen molar-refractivity contribution >= 4 is 29.4 Å². The quantitative estimate of drug-likeness (QED) is 0.935. The summed E-state index contributed by atoms with van der Waals surface area (Å²) < 4.78 is 0. The standard InChI is InChI=1S/C14H19ClN6/c1-9(10-6-5-7-11(15)8-10)21(4)14-18-12(16)17-13(19-14)20(2)3/h5-9H,1-4H3,(H2,16,17,18,19). The van der Waals surface area contributed by atoms with Gasteiger partial charge in [0.15, 0.2) is 0 Å². The highest BCUT2D eigenvalue weighted by Gasteiger charge is 2.17. The Morgan fingerprint density at radius 1 is 1.10 bits per heavy atom. The molecule has 0 spiro atoms. The zero-order chi connectivity index (χ0) is 15.6. The molecule has 2 N–H and O–H groups in total. The summed E-state index contributed by atoms with van der Waals surface area (Å²) in [4.78, 5) is 16.5. The summed E-state index contributed by atoms with van der Waals surface area (Å²) >= 11 is 6.05. The fourth-order valence-corrected chi connectivity index (χ4v) is 2.09. The molecule has 0 aliphatic heterocycles. The predicted octanol–water partition coefficient (Wildman–Crippen LogP) is 2.37. The average Bonchev–Trinajstić information content (AvgIpc) is 2.45. The zero-order valence-corrected chi connectivity index (χ0v) is 13.3. The van der Waals surface area contributed by atoms with Gasteiger partial charge in [0.05, 0.1) is 6.04 Å². The number of hydrogen-bond acceptors (Lipinski definition) is 6. The van der Waals surface area contributed by atoms with Crippen LogP contribution >= 0.6 is 11.6 Å². The SMILES string of the molecule is CC(c1cccc(Cl)c1)N(C)c1nc(N)nc(N(C)C)n1. The number of aromatic nitrogens is 3. The molecule has 7 heteroatoms. The van der Waals surface area contributed by atoms with E-state index in [9.17, 15) is 0 Å². The highest BCUT2D eigenvalue weighted by atomic mass is 35.5. The molecule has 0 aliphatic rings. The highest BCUT2D eigenvalue weighted by Crippen LogP contribution is 2.25. The summed E-state index contributed by atoms with van der Waals surface area (Å²) in [6.07, 6.45) is 0. The first-order chi connectivity index (χ1) is 9.88. The van der Waals surface area contributed by atoms with Gasteiger partial charge >= 0.3 is 0 Å². The monoisotopic (exact) mass is 306 g/mol. The summed E-state index contributed by atoms with van der Waals surface area (Å²) in [5, 5.41) is 0.705. The van der Waals surface area contributed by atoms with Crippen molar-refractivity contribution in [2.24, 2.45) is 0 Å². The van der Waals surface area contributed by atoms with Crippen LogP contribution in [0, 0.1) is 0 Å². The van der Waals surface area contributed by atoms with Crippen LogP contribution in [0.5, 0.6) is 0 Å². The van der Waals surface area contributed by atoms with Crippen molar-refractivity contribution in [2.75, 3.05) is 36.7 Å². The molecule has 1 aromatic heterocycles. The van der Waals surface area contributed by atoms with Crippen molar-refractivity contribution in [3.8, 4) is 0 Å². The van der Waals surface area contributed by atoms with Gasteiger partial charge in [0.2, 0.25) is 17.8 Å². The molecular formula is C14H19ClN6. The third-order valence-corrected chi connectivity index (χ3v) is 3.49. The van der Waals surface area contributed by atoms with E-state index in [1.165, 1.54) is 0 Å². The van der Waals surface area contributed by atoms with Gasteiger partial charge in [-0.05, 0) is 24.6 Å². The van der Waals surface area contributed by atoms with Gasteiger partial charge in [-0.25, -0.2) is 0 Å². The normalized spacial score (nSPS) is 12.0. The molecule has 0 radical (unpaired) electrons. The lowest BCUT2D eigenvalue weighted by atomic mass is 10.1. The first-order valence-electron chi connectivity index (χ1n) is 6.55. The van der Waals surface area contributed by atoms with Crippen molar-refractivity contribution in [2.45, 2.75) is 13.0 Å². The molecule has 21 heavy (non-hydrogen) atoms. The van der Waals surface area contributed by atoms with E-state index in [1.807, 2.05) is 50.3 Å². The van der Waals surface area contributed by atoms with E-state index < -0.39 is 0 Å². The van der Waals surface area contributed by atoms with Gasteiger partial charge in [0.1, 0.15) is 0 Å². The number of benzene rings is 1. The lowest BCUT2D eigenvalue weighted by Crippen LogP contribution is -2.26. The van der Waals surface area contributed by atoms with Crippen LogP contribution in [0.2, 0.25) is 5.02 Å². The zero-order valence-electron chi connectivity index (χ0n) is 12.6. The molecule has 1 aromatic carbocycles. The number of nitrogens with zero attached hydrogens (tertiary/aromatic N) is 5. The number of rotatable bonds is 4. The van der Waals surface area contributed by atoms with E-state index in [0.717, 1.165) is 5.56 Å². The molecule has 0 saturated heterocycles. The van der Waals surface area contributed by atoms with Gasteiger partial charge in [-0.2, -0.15) is 15.0 Å². The van der Waals surface area contributed by atoms with Gasteiger partial charge in [-0.1, -0.05) is 23.7 Å². The molecule has 0 aliphatic carbocycles. The van der Waals surface area contributed by atoms with Crippen molar-refractivity contribution < 1.29 is 0 Å². The maximum Gasteiger partial charge on any atom is 0.232 e. The molecular weight excluding hydrogens is 288 g/mol. The van der Waals surface area contributed by atoms with Crippen LogP contribution in [0.1, 0.15) is 18.5 Å². The number of nitrogens with two attached hydrogens (primary N) is 1. The van der Waals surface area contributed by atoms with Crippen LogP contribution < -0.4 is 15.5 Å². The van der Waals surface area contributed by atoms with Crippen LogP contribution in [0.3, 0.4) is 0 Å². The van der Waals surface area contributed by atoms with E-state index in [4.69, 9.17) is 17.3 Å². The first kappa shape index (κ1) is 15.3. The third kappa shape index (κ3) is 3.52. The lowest BCUT2D eigenvalue weighted by molar-refractivity contribution is 0.711. The van der Waals surface area contributed by atoms with Gasteiger partial charge in [0.25, 0.3) is 0 Å². The molecule has 1 heterocycles. The Hall–Kier alpha value is -2.08. The van der Waals surface area contributed by atoms with Crippen LogP contribution in [0.4, 0.5) is 17.8 Å². The Labute approximate surface area is 129 Å². The molecule has 0 amide bonds. The predicted molar refractivity (Wildman–Crippen MR) is 86.8 cm³/mol. The minimum Gasteiger partial charge on any atom is -0.368 e. The molecule has 2 aromatic rings. The maximum absolute atomic E-state index is 6.05. The van der Waals surface area contributed by atoms with Crippen LogP contribution in [0.15, 0.2) is 24.3 Å². The van der Waals surface area contributed by atoms with Crippen molar-refractivity contribution in [3.05, 3.63) is 34.9 Å². The molecule has 1 atom stereocenters. The first-order valence-corrected chi connectivity index (χ1v) is 6.93. The fourth-order valence-electron chi connectivity index (χ4n) is 1.89. The topological polar surface area (TPSA) is 71.2 Å². The Kier molecular flexibility index (Phi) is 4.47. The van der Waals surface area contributed by atoms with E-state index in [-0.39, 0.29) is 12.0 Å². The second-order valence-electron chi connectivity index (χ2n) is 5.03. The van der Waals surface area contributed by atoms with Crippen molar-refractivity contribution in [3.63, 3.8) is 0 Å². The Bertz CT molecular complexity index is 631. The summed E-state index contributed by atoms with van der Waals surface area (Å²) in [6.45, 7) is 2.06. The van der Waals surface area contributed by atoms with Gasteiger partial charge < -0.3 is 15.5 Å². The second-order valence-corrected chi connectivity index (χ2v) is 5.47. The van der Waals surface area contributed by atoms with Crippen molar-refractivity contribution in [1.82, 2.24) is 15.0 Å². The average molecular weight is 307 g/mol. The number of hydrogen-bond donors (Lipinski definition) is 1. The van der Waals surface area contributed by atoms with Crippen molar-refractivity contribution in [1.29, 1.82) is 0 Å². The smallest absolute Gasteiger partial charge is 0.232 e. The minimum absolute atomic E-state index is 0.0560. The Balaban J connectivity index is 2.33. The molecule has 0 fully saturated rings. The molecule has 1 unspecified atom stereocenters. The summed E-state index contributed by atoms with van der Waals surface area (Å²) in [7, 11) is 5.64. The fraction of sp³-hybridized carbons (Fsp3) is 0.357. The summed E-state index contributed by atoms with van der Waals surface area (Å²) in [6, 6.07) is 7.78. The summed E-state index contributed by atoms with van der Waals surface area (Å²) in [5.41, 5.74) is 6.84. The van der Waals surface area contributed by atoms with Gasteiger partial charge in [-0.15, -0.1) is 0 Å². The molecule has 0 bridgehead atoms. The number of anilines is 3. The van der Waals surface area contributed by atoms with Gasteiger partial charge in [-0.3, -0.25) is 0 Å². The minimum atomic E-state index is 0.0560. The Morgan fingerprint density at radius 3 is 2.38 bits per heavy atom. The second kappa shape index (κ2) is 6.13. The largest absolute Gasteiger partial charge is 0.368 e. The summed E-state index contributed by atoms with van der Waals surface area (Å²) in [5.74, 6) is 1.26. The van der Waals surface area contributed by atoms with E-state index in [1.54, 1.807) is 4.90 Å². The number of nitrogen functional groups attached to an aromatic ring is 1. The number of halogens is 1. The van der Waals surface area contributed by atoms with Crippen LogP contribution in [-0.2, 0) is 0 Å². The lowest BCUT2D eigenvalue weighted by Gasteiger charge is -2.26. The molecule has 2 rings (SSSR count). The Morgan fingerprint density at radius 2 is 1.76 bits per heavy atom. The third-order valence-electron chi connectivity index (χ3n) is 3.26.